The summed E-state index contributed by atoms with van der Waals surface area (Å²) in [5.41, 5.74) is -1.17. The van der Waals surface area contributed by atoms with E-state index in [1.807, 2.05) is 0 Å². The van der Waals surface area contributed by atoms with Crippen LogP contribution in [0.15, 0.2) is 16.3 Å². The quantitative estimate of drug-likeness (QED) is 0.917. The van der Waals surface area contributed by atoms with Gasteiger partial charge in [-0.25, -0.2) is 22.0 Å². The van der Waals surface area contributed by atoms with Gasteiger partial charge in [-0.2, -0.15) is 4.31 Å². The highest BCUT2D eigenvalue weighted by Crippen LogP contribution is 2.65. The molecule has 0 aromatic carbocycles. The number of hydrogen-bond acceptors (Lipinski definition) is 4. The molecule has 2 aliphatic rings. The van der Waals surface area contributed by atoms with E-state index in [9.17, 15) is 22.0 Å². The minimum Gasteiger partial charge on any atom is -0.477 e. The molecule has 104 valence electrons. The summed E-state index contributed by atoms with van der Waals surface area (Å²) in [6, 6.07) is 1.05. The molecule has 3 rings (SSSR count). The van der Waals surface area contributed by atoms with E-state index in [0.717, 1.165) is 21.7 Å². The Labute approximate surface area is 111 Å². The zero-order valence-corrected chi connectivity index (χ0v) is 11.1. The first-order chi connectivity index (χ1) is 8.68. The molecule has 1 aliphatic heterocycles. The molecule has 1 saturated heterocycles. The van der Waals surface area contributed by atoms with Crippen molar-refractivity contribution in [3.8, 4) is 0 Å². The molecule has 1 aliphatic carbocycles. The molecule has 0 unspecified atom stereocenters. The zero-order chi connectivity index (χ0) is 14.1. The first-order valence-corrected chi connectivity index (χ1v) is 7.70. The van der Waals surface area contributed by atoms with Crippen LogP contribution in [0.1, 0.15) is 16.1 Å². The van der Waals surface area contributed by atoms with Gasteiger partial charge in [-0.3, -0.25) is 0 Å². The summed E-state index contributed by atoms with van der Waals surface area (Å²) in [4.78, 5) is 10.5. The summed E-state index contributed by atoms with van der Waals surface area (Å²) >= 11 is 0.798. The van der Waals surface area contributed by atoms with E-state index in [0.29, 0.717) is 0 Å². The number of thiophene rings is 1. The molecule has 1 aromatic heterocycles. The second-order valence-corrected chi connectivity index (χ2v) is 7.74. The van der Waals surface area contributed by atoms with Crippen LogP contribution in [-0.4, -0.2) is 42.8 Å². The minimum absolute atomic E-state index is 0.0921. The highest BCUT2D eigenvalue weighted by molar-refractivity contribution is 7.89. The molecule has 9 heteroatoms. The molecular formula is C10H9F2NO4S2. The van der Waals surface area contributed by atoms with Gasteiger partial charge in [0.1, 0.15) is 4.88 Å². The Bertz CT molecular complexity index is 661. The van der Waals surface area contributed by atoms with Gasteiger partial charge in [0.05, 0.1) is 10.3 Å². The Morgan fingerprint density at radius 2 is 2.00 bits per heavy atom. The van der Waals surface area contributed by atoms with Crippen LogP contribution < -0.4 is 0 Å². The zero-order valence-electron chi connectivity index (χ0n) is 9.47. The Balaban J connectivity index is 1.79. The maximum absolute atomic E-state index is 13.0. The van der Waals surface area contributed by atoms with Crippen LogP contribution in [0.3, 0.4) is 0 Å². The highest BCUT2D eigenvalue weighted by atomic mass is 32.2. The van der Waals surface area contributed by atoms with Crippen LogP contribution in [0.5, 0.6) is 0 Å². The van der Waals surface area contributed by atoms with E-state index in [1.54, 1.807) is 0 Å². The third-order valence-corrected chi connectivity index (χ3v) is 6.43. The third-order valence-electron chi connectivity index (χ3n) is 3.59. The van der Waals surface area contributed by atoms with Gasteiger partial charge in [-0.05, 0) is 6.07 Å². The van der Waals surface area contributed by atoms with Crippen molar-refractivity contribution in [3.63, 3.8) is 0 Å². The number of hydrogen-bond donors (Lipinski definition) is 1. The van der Waals surface area contributed by atoms with Crippen molar-refractivity contribution < 1.29 is 27.1 Å². The molecule has 0 radical (unpaired) electrons. The van der Waals surface area contributed by atoms with Crippen LogP contribution in [0, 0.1) is 5.41 Å². The molecule has 1 saturated carbocycles. The lowest BCUT2D eigenvalue weighted by Crippen LogP contribution is -2.53. The fourth-order valence-corrected chi connectivity index (χ4v) is 4.95. The fraction of sp³-hybridized carbons (Fsp3) is 0.500. The predicted octanol–water partition coefficient (Wildman–Crippen LogP) is 1.48. The van der Waals surface area contributed by atoms with Crippen molar-refractivity contribution in [1.29, 1.82) is 0 Å². The maximum Gasteiger partial charge on any atom is 0.345 e. The molecule has 2 fully saturated rings. The molecule has 1 N–H and O–H groups in total. The lowest BCUT2D eigenvalue weighted by atomic mass is 10.00. The van der Waals surface area contributed by atoms with Crippen LogP contribution in [0.4, 0.5) is 8.78 Å². The first-order valence-electron chi connectivity index (χ1n) is 5.38. The fourth-order valence-electron chi connectivity index (χ4n) is 2.24. The molecule has 0 atom stereocenters. The molecular weight excluding hydrogens is 300 g/mol. The SMILES string of the molecule is O=C(O)c1cc(S(=O)(=O)N2CC3(C2)CC3(F)F)cs1. The van der Waals surface area contributed by atoms with E-state index in [4.69, 9.17) is 5.11 Å². The lowest BCUT2D eigenvalue weighted by molar-refractivity contribution is 0.0108. The van der Waals surface area contributed by atoms with Crippen molar-refractivity contribution in [2.24, 2.45) is 5.41 Å². The minimum atomic E-state index is -3.85. The second kappa shape index (κ2) is 3.53. The van der Waals surface area contributed by atoms with Gasteiger partial charge >= 0.3 is 5.97 Å². The number of halogens is 2. The summed E-state index contributed by atoms with van der Waals surface area (Å²) in [5, 5.41) is 9.96. The van der Waals surface area contributed by atoms with Gasteiger partial charge in [0.25, 0.3) is 5.92 Å². The van der Waals surface area contributed by atoms with E-state index in [-0.39, 0.29) is 29.3 Å². The number of alkyl halides is 2. The standard InChI is InChI=1S/C10H9F2NO4S2/c11-10(12)3-9(10)4-13(5-9)19(16,17)6-1-7(8(14)15)18-2-6/h1-2H,3-5H2,(H,14,15). The van der Waals surface area contributed by atoms with Crippen molar-refractivity contribution >= 4 is 27.3 Å². The number of carboxylic acids is 1. The van der Waals surface area contributed by atoms with Gasteiger partial charge in [-0.15, -0.1) is 11.3 Å². The number of aromatic carboxylic acids is 1. The Kier molecular flexibility index (Phi) is 2.40. The number of rotatable bonds is 3. The molecule has 19 heavy (non-hydrogen) atoms. The molecule has 1 aromatic rings. The Morgan fingerprint density at radius 3 is 2.42 bits per heavy atom. The summed E-state index contributed by atoms with van der Waals surface area (Å²) in [6.45, 7) is -0.388. The highest BCUT2D eigenvalue weighted by Gasteiger charge is 2.77. The van der Waals surface area contributed by atoms with Gasteiger partial charge in [-0.1, -0.05) is 0 Å². The molecule has 1 spiro atoms. The monoisotopic (exact) mass is 309 g/mol. The largest absolute Gasteiger partial charge is 0.477 e. The average Bonchev–Trinajstić information content (AvgIpc) is 2.65. The molecule has 0 amide bonds. The normalized spacial score (nSPS) is 24.1. The Morgan fingerprint density at radius 1 is 1.42 bits per heavy atom. The first kappa shape index (κ1) is 12.9. The van der Waals surface area contributed by atoms with Gasteiger partial charge in [0.2, 0.25) is 10.0 Å². The van der Waals surface area contributed by atoms with Crippen molar-refractivity contribution in [2.45, 2.75) is 17.2 Å². The number of carboxylic acid groups (broad SMARTS) is 1. The predicted molar refractivity (Wildman–Crippen MR) is 62.0 cm³/mol. The maximum atomic E-state index is 13.0. The van der Waals surface area contributed by atoms with E-state index in [2.05, 4.69) is 0 Å². The Hall–Kier alpha value is -1.06. The number of nitrogens with zero attached hydrogens (tertiary/aromatic N) is 1. The second-order valence-electron chi connectivity index (χ2n) is 4.89. The van der Waals surface area contributed by atoms with Gasteiger partial charge < -0.3 is 5.11 Å². The topological polar surface area (TPSA) is 74.7 Å². The van der Waals surface area contributed by atoms with Crippen LogP contribution in [0.2, 0.25) is 0 Å². The van der Waals surface area contributed by atoms with Crippen molar-refractivity contribution in [1.82, 2.24) is 4.31 Å². The summed E-state index contributed by atoms with van der Waals surface area (Å²) < 4.78 is 51.1. The van der Waals surface area contributed by atoms with E-state index in [1.165, 1.54) is 5.38 Å². The number of sulfonamides is 1. The smallest absolute Gasteiger partial charge is 0.345 e. The molecule has 2 heterocycles. The van der Waals surface area contributed by atoms with Crippen molar-refractivity contribution in [3.05, 3.63) is 16.3 Å². The summed E-state index contributed by atoms with van der Waals surface area (Å²) in [7, 11) is -3.85. The summed E-state index contributed by atoms with van der Waals surface area (Å²) in [6.07, 6.45) is -0.268. The van der Waals surface area contributed by atoms with E-state index < -0.39 is 27.3 Å². The summed E-state index contributed by atoms with van der Waals surface area (Å²) in [5.74, 6) is -3.97. The van der Waals surface area contributed by atoms with Crippen molar-refractivity contribution in [2.75, 3.05) is 13.1 Å². The van der Waals surface area contributed by atoms with Crippen LogP contribution >= 0.6 is 11.3 Å². The van der Waals surface area contributed by atoms with Gasteiger partial charge in [0, 0.05) is 24.9 Å². The lowest BCUT2D eigenvalue weighted by Gasteiger charge is -2.38. The number of carbonyl (C=O) groups is 1. The van der Waals surface area contributed by atoms with Crippen LogP contribution in [-0.2, 0) is 10.0 Å². The van der Waals surface area contributed by atoms with E-state index >= 15 is 0 Å². The third kappa shape index (κ3) is 1.72. The molecule has 5 nitrogen and oxygen atoms in total. The van der Waals surface area contributed by atoms with Gasteiger partial charge in [0.15, 0.2) is 0 Å². The average molecular weight is 309 g/mol. The van der Waals surface area contributed by atoms with Crippen LogP contribution in [0.25, 0.3) is 0 Å². The molecule has 0 bridgehead atoms.